The molecular weight excluding hydrogens is 198 g/mol. The van der Waals surface area contributed by atoms with Crippen molar-refractivity contribution >= 4 is 5.97 Å². The summed E-state index contributed by atoms with van der Waals surface area (Å²) in [5.74, 6) is -0.783. The van der Waals surface area contributed by atoms with E-state index in [1.807, 2.05) is 0 Å². The average molecular weight is 215 g/mol. The summed E-state index contributed by atoms with van der Waals surface area (Å²) in [6.07, 6.45) is 3.84. The number of rotatable bonds is 5. The molecule has 6 heteroatoms. The number of methoxy groups -OCH3 is 1. The van der Waals surface area contributed by atoms with Crippen LogP contribution in [0.15, 0.2) is 12.5 Å². The Morgan fingerprint density at radius 3 is 2.80 bits per heavy atom. The first-order valence-corrected chi connectivity index (χ1v) is 4.58. The van der Waals surface area contributed by atoms with Crippen molar-refractivity contribution in [3.05, 3.63) is 18.2 Å². The van der Waals surface area contributed by atoms with Crippen LogP contribution in [0, 0.1) is 0 Å². The van der Waals surface area contributed by atoms with Gasteiger partial charge in [-0.1, -0.05) is 0 Å². The van der Waals surface area contributed by atoms with Crippen LogP contribution in [-0.2, 0) is 16.0 Å². The van der Waals surface area contributed by atoms with Crippen LogP contribution in [0.5, 0.6) is 0 Å². The van der Waals surface area contributed by atoms with Crippen LogP contribution >= 0.6 is 0 Å². The predicted molar refractivity (Wildman–Crippen MR) is 55.5 cm³/mol. The van der Waals surface area contributed by atoms with E-state index in [0.717, 1.165) is 5.69 Å². The quantitative estimate of drug-likeness (QED) is 0.642. The molecule has 1 aromatic rings. The van der Waals surface area contributed by atoms with Gasteiger partial charge in [0.15, 0.2) is 0 Å². The fourth-order valence-electron chi connectivity index (χ4n) is 0.781. The number of aliphatic carboxylic acids is 1. The highest BCUT2D eigenvalue weighted by Crippen LogP contribution is 1.95. The van der Waals surface area contributed by atoms with Gasteiger partial charge in [-0.15, -0.1) is 0 Å². The van der Waals surface area contributed by atoms with Crippen molar-refractivity contribution in [1.82, 2.24) is 9.97 Å². The highest BCUT2D eigenvalue weighted by Gasteiger charge is 1.98. The number of H-pyrrole nitrogens is 1. The zero-order chi connectivity index (χ0) is 11.5. The molecular formula is C9H17N3O3. The summed E-state index contributed by atoms with van der Waals surface area (Å²) in [4.78, 5) is 16.6. The molecule has 0 fully saturated rings. The molecule has 0 aliphatic rings. The van der Waals surface area contributed by atoms with Gasteiger partial charge in [-0.25, -0.2) is 4.98 Å². The van der Waals surface area contributed by atoms with Gasteiger partial charge in [0.25, 0.3) is 0 Å². The lowest BCUT2D eigenvalue weighted by Crippen LogP contribution is -2.05. The molecule has 0 saturated carbocycles. The van der Waals surface area contributed by atoms with Crippen molar-refractivity contribution in [2.24, 2.45) is 5.73 Å². The second kappa shape index (κ2) is 9.17. The van der Waals surface area contributed by atoms with Crippen LogP contribution in [0.4, 0.5) is 0 Å². The summed E-state index contributed by atoms with van der Waals surface area (Å²) in [5.41, 5.74) is 5.88. The molecule has 0 aliphatic heterocycles. The van der Waals surface area contributed by atoms with Gasteiger partial charge in [0.05, 0.1) is 19.4 Å². The average Bonchev–Trinajstić information content (AvgIpc) is 2.69. The molecule has 0 aromatic carbocycles. The first-order valence-electron chi connectivity index (χ1n) is 4.58. The number of hydrogen-bond donors (Lipinski definition) is 3. The number of nitrogens with one attached hydrogen (secondary N) is 1. The van der Waals surface area contributed by atoms with E-state index >= 15 is 0 Å². The monoisotopic (exact) mass is 215 g/mol. The van der Waals surface area contributed by atoms with E-state index < -0.39 is 5.97 Å². The third-order valence-electron chi connectivity index (χ3n) is 1.49. The number of carbonyl (C=O) groups is 1. The maximum atomic E-state index is 10.1. The Balaban J connectivity index is 0.000000336. The van der Waals surface area contributed by atoms with E-state index in [0.29, 0.717) is 19.6 Å². The molecule has 0 aliphatic carbocycles. The second-order valence-corrected chi connectivity index (χ2v) is 2.75. The SMILES string of the molecule is COCCN.O=C(O)CCc1cnc[nH]1. The Labute approximate surface area is 88.5 Å². The van der Waals surface area contributed by atoms with Crippen LogP contribution in [0.2, 0.25) is 0 Å². The summed E-state index contributed by atoms with van der Waals surface area (Å²) in [6.45, 7) is 1.29. The first-order chi connectivity index (χ1) is 7.20. The summed E-state index contributed by atoms with van der Waals surface area (Å²) in [5, 5.41) is 8.28. The molecule has 0 radical (unpaired) electrons. The number of imidazole rings is 1. The van der Waals surface area contributed by atoms with Crippen LogP contribution in [0.25, 0.3) is 0 Å². The molecule has 6 nitrogen and oxygen atoms in total. The van der Waals surface area contributed by atoms with Crippen LogP contribution in [0.3, 0.4) is 0 Å². The van der Waals surface area contributed by atoms with E-state index in [9.17, 15) is 4.79 Å². The van der Waals surface area contributed by atoms with Gasteiger partial charge in [-0.3, -0.25) is 4.79 Å². The Morgan fingerprint density at radius 1 is 1.73 bits per heavy atom. The first kappa shape index (κ1) is 13.6. The molecule has 15 heavy (non-hydrogen) atoms. The van der Waals surface area contributed by atoms with Crippen LogP contribution in [0.1, 0.15) is 12.1 Å². The number of carboxylic acids is 1. The van der Waals surface area contributed by atoms with Crippen LogP contribution in [-0.4, -0.2) is 41.3 Å². The van der Waals surface area contributed by atoms with Crippen molar-refractivity contribution in [2.45, 2.75) is 12.8 Å². The molecule has 1 aromatic heterocycles. The van der Waals surface area contributed by atoms with Crippen molar-refractivity contribution in [1.29, 1.82) is 0 Å². The number of nitrogens with zero attached hydrogens (tertiary/aromatic N) is 1. The van der Waals surface area contributed by atoms with Crippen molar-refractivity contribution in [3.8, 4) is 0 Å². The predicted octanol–water partition coefficient (Wildman–Crippen LogP) is 0.0184. The Hall–Kier alpha value is -1.40. The van der Waals surface area contributed by atoms with Crippen molar-refractivity contribution < 1.29 is 14.6 Å². The van der Waals surface area contributed by atoms with Crippen molar-refractivity contribution in [3.63, 3.8) is 0 Å². The number of hydrogen-bond acceptors (Lipinski definition) is 4. The standard InChI is InChI=1S/C6H8N2O2.C3H9NO/c9-6(10)2-1-5-3-7-4-8-5;1-5-3-2-4/h3-4H,1-2H2,(H,7,8)(H,9,10);2-4H2,1H3. The fraction of sp³-hybridized carbons (Fsp3) is 0.556. The zero-order valence-corrected chi connectivity index (χ0v) is 8.77. The Kier molecular flexibility index (Phi) is 8.31. The lowest BCUT2D eigenvalue weighted by Gasteiger charge is -1.89. The fourth-order valence-corrected chi connectivity index (χ4v) is 0.781. The van der Waals surface area contributed by atoms with E-state index in [4.69, 9.17) is 10.8 Å². The number of aromatic amines is 1. The minimum atomic E-state index is -0.783. The van der Waals surface area contributed by atoms with Crippen molar-refractivity contribution in [2.75, 3.05) is 20.3 Å². The second-order valence-electron chi connectivity index (χ2n) is 2.75. The number of aryl methyl sites for hydroxylation is 1. The van der Waals surface area contributed by atoms with E-state index in [2.05, 4.69) is 14.7 Å². The molecule has 0 atom stereocenters. The van der Waals surface area contributed by atoms with E-state index in [1.54, 1.807) is 13.3 Å². The number of ether oxygens (including phenoxy) is 1. The van der Waals surface area contributed by atoms with Crippen LogP contribution < -0.4 is 5.73 Å². The third kappa shape index (κ3) is 8.92. The van der Waals surface area contributed by atoms with Gasteiger partial charge in [0, 0.05) is 25.5 Å². The van der Waals surface area contributed by atoms with Gasteiger partial charge < -0.3 is 20.6 Å². The topological polar surface area (TPSA) is 101 Å². The summed E-state index contributed by atoms with van der Waals surface area (Å²) in [7, 11) is 1.63. The Morgan fingerprint density at radius 2 is 2.47 bits per heavy atom. The lowest BCUT2D eigenvalue weighted by atomic mass is 10.2. The summed E-state index contributed by atoms with van der Waals surface area (Å²) >= 11 is 0. The molecule has 86 valence electrons. The highest BCUT2D eigenvalue weighted by molar-refractivity contribution is 5.66. The van der Waals surface area contributed by atoms with Gasteiger partial charge in [0.1, 0.15) is 0 Å². The summed E-state index contributed by atoms with van der Waals surface area (Å²) < 4.78 is 4.57. The normalized spacial score (nSPS) is 9.20. The number of nitrogens with two attached hydrogens (primary N) is 1. The largest absolute Gasteiger partial charge is 0.481 e. The smallest absolute Gasteiger partial charge is 0.303 e. The number of aromatic nitrogens is 2. The van der Waals surface area contributed by atoms with Gasteiger partial charge in [-0.05, 0) is 6.42 Å². The summed E-state index contributed by atoms with van der Waals surface area (Å²) in [6, 6.07) is 0. The molecule has 0 unspecified atom stereocenters. The third-order valence-corrected chi connectivity index (χ3v) is 1.49. The van der Waals surface area contributed by atoms with E-state index in [-0.39, 0.29) is 6.42 Å². The molecule has 0 saturated heterocycles. The zero-order valence-electron chi connectivity index (χ0n) is 8.77. The molecule has 0 amide bonds. The highest BCUT2D eigenvalue weighted by atomic mass is 16.5. The number of carboxylic acid groups (broad SMARTS) is 1. The molecule has 0 spiro atoms. The molecule has 0 bridgehead atoms. The maximum Gasteiger partial charge on any atom is 0.303 e. The van der Waals surface area contributed by atoms with Gasteiger partial charge in [-0.2, -0.15) is 0 Å². The molecule has 1 rings (SSSR count). The van der Waals surface area contributed by atoms with E-state index in [1.165, 1.54) is 6.33 Å². The lowest BCUT2D eigenvalue weighted by molar-refractivity contribution is -0.136. The minimum absolute atomic E-state index is 0.155. The molecule has 4 N–H and O–H groups in total. The maximum absolute atomic E-state index is 10.1. The van der Waals surface area contributed by atoms with Gasteiger partial charge >= 0.3 is 5.97 Å². The molecule has 1 heterocycles. The van der Waals surface area contributed by atoms with Gasteiger partial charge in [0.2, 0.25) is 0 Å². The minimum Gasteiger partial charge on any atom is -0.481 e. The Bertz CT molecular complexity index is 247.